The minimum Gasteiger partial charge on any atom is -0.369 e. The second-order valence-corrected chi connectivity index (χ2v) is 5.55. The van der Waals surface area contributed by atoms with Gasteiger partial charge in [-0.2, -0.15) is 0 Å². The fourth-order valence-electron chi connectivity index (χ4n) is 2.59. The summed E-state index contributed by atoms with van der Waals surface area (Å²) in [4.78, 5) is 16.7. The van der Waals surface area contributed by atoms with Crippen molar-refractivity contribution in [1.29, 1.82) is 0 Å². The minimum absolute atomic E-state index is 0.0175. The number of rotatable bonds is 5. The summed E-state index contributed by atoms with van der Waals surface area (Å²) in [5.74, 6) is 0.666. The van der Waals surface area contributed by atoms with Gasteiger partial charge in [-0.15, -0.1) is 0 Å². The molecule has 0 spiro atoms. The van der Waals surface area contributed by atoms with Gasteiger partial charge in [0.1, 0.15) is 5.82 Å². The fraction of sp³-hybridized carbons (Fsp3) is 0.600. The molecule has 1 aliphatic rings. The molecule has 1 saturated carbocycles. The number of carbonyl (C=O) groups excluding carboxylic acids is 1. The van der Waals surface area contributed by atoms with E-state index in [0.717, 1.165) is 25.8 Å². The Morgan fingerprint density at radius 1 is 1.42 bits per heavy atom. The van der Waals surface area contributed by atoms with Crippen LogP contribution < -0.4 is 10.6 Å². The number of carbonyl (C=O) groups is 1. The van der Waals surface area contributed by atoms with Crippen molar-refractivity contribution in [3.05, 3.63) is 23.9 Å². The van der Waals surface area contributed by atoms with Gasteiger partial charge in [0.2, 0.25) is 0 Å². The summed E-state index contributed by atoms with van der Waals surface area (Å²) in [6, 6.07) is 3.64. The molecule has 104 valence electrons. The third kappa shape index (κ3) is 3.46. The molecule has 1 amide bonds. The van der Waals surface area contributed by atoms with E-state index >= 15 is 0 Å². The zero-order valence-electron chi connectivity index (χ0n) is 11.8. The van der Waals surface area contributed by atoms with Gasteiger partial charge in [0.25, 0.3) is 5.91 Å². The van der Waals surface area contributed by atoms with Crippen molar-refractivity contribution < 1.29 is 4.79 Å². The van der Waals surface area contributed by atoms with Crippen LogP contribution in [0.5, 0.6) is 0 Å². The monoisotopic (exact) mass is 261 g/mol. The van der Waals surface area contributed by atoms with E-state index in [1.165, 1.54) is 12.8 Å². The number of anilines is 1. The van der Waals surface area contributed by atoms with E-state index in [1.54, 1.807) is 6.20 Å². The van der Waals surface area contributed by atoms with Gasteiger partial charge in [-0.1, -0.05) is 19.8 Å². The summed E-state index contributed by atoms with van der Waals surface area (Å²) in [5, 5.41) is 6.38. The van der Waals surface area contributed by atoms with Gasteiger partial charge in [-0.25, -0.2) is 4.98 Å². The molecule has 2 N–H and O–H groups in total. The quantitative estimate of drug-likeness (QED) is 0.856. The van der Waals surface area contributed by atoms with Crippen molar-refractivity contribution in [3.63, 3.8) is 0 Å². The highest BCUT2D eigenvalue weighted by Crippen LogP contribution is 2.29. The number of pyridine rings is 1. The highest BCUT2D eigenvalue weighted by atomic mass is 16.1. The fourth-order valence-corrected chi connectivity index (χ4v) is 2.59. The molecular formula is C15H23N3O. The Morgan fingerprint density at radius 3 is 2.84 bits per heavy atom. The van der Waals surface area contributed by atoms with E-state index in [1.807, 2.05) is 12.1 Å². The predicted molar refractivity (Wildman–Crippen MR) is 77.4 cm³/mol. The lowest BCUT2D eigenvalue weighted by molar-refractivity contribution is 0.0908. The molecule has 0 atom stereocenters. The Morgan fingerprint density at radius 2 is 2.16 bits per heavy atom. The molecule has 1 aromatic rings. The van der Waals surface area contributed by atoms with Crippen molar-refractivity contribution >= 4 is 11.7 Å². The first-order valence-electron chi connectivity index (χ1n) is 7.16. The molecule has 4 heteroatoms. The van der Waals surface area contributed by atoms with Crippen molar-refractivity contribution in [3.8, 4) is 0 Å². The summed E-state index contributed by atoms with van der Waals surface area (Å²) in [7, 11) is 0. The zero-order valence-corrected chi connectivity index (χ0v) is 11.8. The molecular weight excluding hydrogens is 238 g/mol. The SMILES string of the molecule is CCCNc1ncccc1C(=O)NC1(C)CCCC1. The molecule has 4 nitrogen and oxygen atoms in total. The highest BCUT2D eigenvalue weighted by molar-refractivity contribution is 5.99. The summed E-state index contributed by atoms with van der Waals surface area (Å²) in [6.45, 7) is 5.05. The van der Waals surface area contributed by atoms with Gasteiger partial charge in [-0.3, -0.25) is 4.79 Å². The van der Waals surface area contributed by atoms with Gasteiger partial charge in [-0.05, 0) is 38.3 Å². The number of amides is 1. The molecule has 0 aromatic carbocycles. The molecule has 0 radical (unpaired) electrons. The topological polar surface area (TPSA) is 54.0 Å². The first-order valence-corrected chi connectivity index (χ1v) is 7.16. The third-order valence-corrected chi connectivity index (χ3v) is 3.72. The average Bonchev–Trinajstić information content (AvgIpc) is 2.83. The molecule has 19 heavy (non-hydrogen) atoms. The lowest BCUT2D eigenvalue weighted by Crippen LogP contribution is -2.43. The maximum absolute atomic E-state index is 12.4. The largest absolute Gasteiger partial charge is 0.369 e. The third-order valence-electron chi connectivity index (χ3n) is 3.72. The molecule has 2 rings (SSSR count). The zero-order chi connectivity index (χ0) is 13.7. The molecule has 0 aliphatic heterocycles. The number of nitrogens with zero attached hydrogens (tertiary/aromatic N) is 1. The number of aromatic nitrogens is 1. The van der Waals surface area contributed by atoms with Crippen LogP contribution in [-0.2, 0) is 0 Å². The standard InChI is InChI=1S/C15H23N3O/c1-3-10-16-13-12(7-6-11-17-13)14(19)18-15(2)8-4-5-9-15/h6-7,11H,3-5,8-10H2,1-2H3,(H,16,17)(H,18,19). The Balaban J connectivity index is 2.09. The van der Waals surface area contributed by atoms with E-state index in [4.69, 9.17) is 0 Å². The van der Waals surface area contributed by atoms with Gasteiger partial charge in [0.15, 0.2) is 0 Å². The Hall–Kier alpha value is -1.58. The number of hydrogen-bond acceptors (Lipinski definition) is 3. The molecule has 0 unspecified atom stereocenters. The van der Waals surface area contributed by atoms with Crippen LogP contribution in [0.15, 0.2) is 18.3 Å². The summed E-state index contributed by atoms with van der Waals surface area (Å²) < 4.78 is 0. The van der Waals surface area contributed by atoms with Crippen LogP contribution >= 0.6 is 0 Å². The average molecular weight is 261 g/mol. The molecule has 1 fully saturated rings. The lowest BCUT2D eigenvalue weighted by atomic mass is 10.00. The van der Waals surface area contributed by atoms with Crippen LogP contribution in [-0.4, -0.2) is 23.0 Å². The van der Waals surface area contributed by atoms with Gasteiger partial charge < -0.3 is 10.6 Å². The van der Waals surface area contributed by atoms with Crippen LogP contribution in [0.4, 0.5) is 5.82 Å². The van der Waals surface area contributed by atoms with Crippen molar-refractivity contribution in [2.45, 2.75) is 51.5 Å². The summed E-state index contributed by atoms with van der Waals surface area (Å²) in [6.07, 6.45) is 7.25. The van der Waals surface area contributed by atoms with Crippen molar-refractivity contribution in [2.24, 2.45) is 0 Å². The minimum atomic E-state index is -0.0467. The normalized spacial score (nSPS) is 17.2. The van der Waals surface area contributed by atoms with Crippen molar-refractivity contribution in [1.82, 2.24) is 10.3 Å². The second-order valence-electron chi connectivity index (χ2n) is 5.55. The maximum atomic E-state index is 12.4. The Labute approximate surface area is 115 Å². The highest BCUT2D eigenvalue weighted by Gasteiger charge is 2.31. The lowest BCUT2D eigenvalue weighted by Gasteiger charge is -2.25. The first-order chi connectivity index (χ1) is 9.14. The predicted octanol–water partition coefficient (Wildman–Crippen LogP) is 2.97. The van der Waals surface area contributed by atoms with E-state index < -0.39 is 0 Å². The molecule has 1 aromatic heterocycles. The Bertz CT molecular complexity index is 439. The van der Waals surface area contributed by atoms with Crippen molar-refractivity contribution in [2.75, 3.05) is 11.9 Å². The van der Waals surface area contributed by atoms with E-state index in [2.05, 4.69) is 29.5 Å². The first kappa shape index (κ1) is 13.8. The van der Waals surface area contributed by atoms with E-state index in [9.17, 15) is 4.79 Å². The van der Waals surface area contributed by atoms with Crippen LogP contribution in [0.25, 0.3) is 0 Å². The molecule has 1 heterocycles. The molecule has 0 saturated heterocycles. The van der Waals surface area contributed by atoms with Crippen LogP contribution in [0.2, 0.25) is 0 Å². The van der Waals surface area contributed by atoms with E-state index in [0.29, 0.717) is 11.4 Å². The van der Waals surface area contributed by atoms with Gasteiger partial charge in [0, 0.05) is 18.3 Å². The van der Waals surface area contributed by atoms with Gasteiger partial charge in [0.05, 0.1) is 5.56 Å². The van der Waals surface area contributed by atoms with Crippen LogP contribution in [0.1, 0.15) is 56.3 Å². The summed E-state index contributed by atoms with van der Waals surface area (Å²) >= 11 is 0. The number of nitrogens with one attached hydrogen (secondary N) is 2. The smallest absolute Gasteiger partial charge is 0.255 e. The molecule has 1 aliphatic carbocycles. The van der Waals surface area contributed by atoms with Gasteiger partial charge >= 0.3 is 0 Å². The summed E-state index contributed by atoms with van der Waals surface area (Å²) in [5.41, 5.74) is 0.596. The van der Waals surface area contributed by atoms with Crippen LogP contribution in [0.3, 0.4) is 0 Å². The van der Waals surface area contributed by atoms with E-state index in [-0.39, 0.29) is 11.4 Å². The maximum Gasteiger partial charge on any atom is 0.255 e. The number of hydrogen-bond donors (Lipinski definition) is 2. The molecule has 0 bridgehead atoms. The van der Waals surface area contributed by atoms with Crippen LogP contribution in [0, 0.1) is 0 Å². The second kappa shape index (κ2) is 6.04. The Kier molecular flexibility index (Phi) is 4.40.